The van der Waals surface area contributed by atoms with Crippen LogP contribution in [0.1, 0.15) is 35.4 Å². The lowest BCUT2D eigenvalue weighted by Gasteiger charge is -2.25. The Morgan fingerprint density at radius 1 is 1.21 bits per heavy atom. The molecule has 0 saturated carbocycles. The fraction of sp³-hybridized carbons (Fsp3) is 0.261. The second kappa shape index (κ2) is 10.6. The third kappa shape index (κ3) is 5.41. The molecule has 0 spiro atoms. The van der Waals surface area contributed by atoms with Crippen LogP contribution in [0.3, 0.4) is 0 Å². The van der Waals surface area contributed by atoms with Gasteiger partial charge in [0.1, 0.15) is 11.6 Å². The van der Waals surface area contributed by atoms with E-state index in [0.29, 0.717) is 10.7 Å². The Hall–Kier alpha value is -4.17. The third-order valence-corrected chi connectivity index (χ3v) is 5.95. The molecule has 0 radical (unpaired) electrons. The summed E-state index contributed by atoms with van der Waals surface area (Å²) in [5.74, 6) is -0.805. The fourth-order valence-electron chi connectivity index (χ4n) is 3.36. The molecule has 11 heteroatoms. The van der Waals surface area contributed by atoms with Crippen LogP contribution in [0.25, 0.3) is 6.08 Å². The zero-order valence-corrected chi connectivity index (χ0v) is 19.1. The lowest BCUT2D eigenvalue weighted by atomic mass is 10.1. The minimum absolute atomic E-state index is 0.0505. The molecule has 1 saturated heterocycles. The van der Waals surface area contributed by atoms with Crippen molar-refractivity contribution in [2.45, 2.75) is 19.3 Å². The van der Waals surface area contributed by atoms with E-state index in [1.807, 2.05) is 6.07 Å². The van der Waals surface area contributed by atoms with Crippen molar-refractivity contribution in [1.29, 1.82) is 5.26 Å². The molecule has 174 valence electrons. The predicted molar refractivity (Wildman–Crippen MR) is 125 cm³/mol. The van der Waals surface area contributed by atoms with Gasteiger partial charge in [-0.15, -0.1) is 10.2 Å². The molecule has 3 heterocycles. The Bertz CT molecular complexity index is 1240. The van der Waals surface area contributed by atoms with Gasteiger partial charge in [0, 0.05) is 13.1 Å². The fourth-order valence-corrected chi connectivity index (χ4v) is 4.15. The van der Waals surface area contributed by atoms with Crippen LogP contribution in [-0.4, -0.2) is 42.3 Å². The van der Waals surface area contributed by atoms with E-state index in [1.54, 1.807) is 18.2 Å². The number of nitriles is 1. The van der Waals surface area contributed by atoms with Crippen molar-refractivity contribution in [3.8, 4) is 17.6 Å². The van der Waals surface area contributed by atoms with Crippen LogP contribution in [0.4, 0.5) is 10.3 Å². The summed E-state index contributed by atoms with van der Waals surface area (Å²) >= 11 is 1.27. The number of carbonyl (C=O) groups is 2. The van der Waals surface area contributed by atoms with E-state index in [2.05, 4.69) is 20.4 Å². The third-order valence-electron chi connectivity index (χ3n) is 5.05. The van der Waals surface area contributed by atoms with E-state index in [0.717, 1.165) is 31.1 Å². The molecule has 0 bridgehead atoms. The van der Waals surface area contributed by atoms with E-state index >= 15 is 0 Å². The molecule has 2 aromatic heterocycles. The average molecular weight is 480 g/mol. The highest BCUT2D eigenvalue weighted by atomic mass is 32.1. The van der Waals surface area contributed by atoms with E-state index in [1.165, 1.54) is 49.3 Å². The van der Waals surface area contributed by atoms with E-state index in [4.69, 9.17) is 13.9 Å². The molecule has 1 amide bonds. The Morgan fingerprint density at radius 2 is 2.03 bits per heavy atom. The summed E-state index contributed by atoms with van der Waals surface area (Å²) in [5.41, 5.74) is 0.379. The van der Waals surface area contributed by atoms with Crippen molar-refractivity contribution in [2.24, 2.45) is 0 Å². The predicted octanol–water partition coefficient (Wildman–Crippen LogP) is 3.89. The number of furan rings is 1. The molecule has 34 heavy (non-hydrogen) atoms. The summed E-state index contributed by atoms with van der Waals surface area (Å²) in [7, 11) is 1.42. The molecule has 1 N–H and O–H groups in total. The molecule has 1 aliphatic heterocycles. The minimum Gasteiger partial charge on any atom is -0.493 e. The molecule has 1 aromatic carbocycles. The SMILES string of the molecule is COc1cc(/C=C(/C#N)C(=O)Nc2nnc(N3CCCCC3)s2)ccc1OC(=O)c1ccco1. The first kappa shape index (κ1) is 23.0. The summed E-state index contributed by atoms with van der Waals surface area (Å²) in [4.78, 5) is 26.9. The summed E-state index contributed by atoms with van der Waals surface area (Å²) in [6.07, 6.45) is 6.18. The number of nitrogens with zero attached hydrogens (tertiary/aromatic N) is 4. The number of hydrogen-bond donors (Lipinski definition) is 1. The second-order valence-corrected chi connectivity index (χ2v) is 8.29. The highest BCUT2D eigenvalue weighted by Crippen LogP contribution is 2.30. The largest absolute Gasteiger partial charge is 0.493 e. The van der Waals surface area contributed by atoms with Gasteiger partial charge in [-0.3, -0.25) is 10.1 Å². The zero-order valence-electron chi connectivity index (χ0n) is 18.3. The van der Waals surface area contributed by atoms with Gasteiger partial charge in [-0.1, -0.05) is 17.4 Å². The topological polar surface area (TPSA) is 131 Å². The van der Waals surface area contributed by atoms with Crippen molar-refractivity contribution < 1.29 is 23.5 Å². The Kier molecular flexibility index (Phi) is 7.19. The molecule has 0 atom stereocenters. The summed E-state index contributed by atoms with van der Waals surface area (Å²) in [6.45, 7) is 1.83. The van der Waals surface area contributed by atoms with Gasteiger partial charge in [-0.25, -0.2) is 4.79 Å². The molecule has 0 aliphatic carbocycles. The molecule has 1 fully saturated rings. The Labute approximate surface area is 199 Å². The first-order valence-corrected chi connectivity index (χ1v) is 11.3. The normalized spacial score (nSPS) is 13.8. The minimum atomic E-state index is -0.676. The number of amides is 1. The standard InChI is InChI=1S/C23H21N5O5S/c1-31-19-13-15(7-8-17(19)33-21(30)18-6-5-11-32-18)12-16(14-24)20(29)25-22-26-27-23(34-22)28-9-3-2-4-10-28/h5-8,11-13H,2-4,9-10H2,1H3,(H,25,26,29)/b16-12-. The molecule has 1 aliphatic rings. The molecule has 4 rings (SSSR count). The van der Waals surface area contributed by atoms with Gasteiger partial charge >= 0.3 is 5.97 Å². The smallest absolute Gasteiger partial charge is 0.379 e. The number of carbonyl (C=O) groups excluding carboxylic acids is 2. The Balaban J connectivity index is 1.46. The second-order valence-electron chi connectivity index (χ2n) is 7.34. The van der Waals surface area contributed by atoms with E-state index in [9.17, 15) is 14.9 Å². The lowest BCUT2D eigenvalue weighted by molar-refractivity contribution is -0.112. The van der Waals surface area contributed by atoms with Gasteiger partial charge in [0.25, 0.3) is 5.91 Å². The maximum absolute atomic E-state index is 12.6. The van der Waals surface area contributed by atoms with Crippen molar-refractivity contribution >= 4 is 39.6 Å². The molecule has 0 unspecified atom stereocenters. The molecule has 3 aromatic rings. The summed E-state index contributed by atoms with van der Waals surface area (Å²) < 4.78 is 15.6. The van der Waals surface area contributed by atoms with Gasteiger partial charge in [0.2, 0.25) is 16.0 Å². The van der Waals surface area contributed by atoms with Crippen molar-refractivity contribution in [3.05, 3.63) is 53.5 Å². The number of nitrogens with one attached hydrogen (secondary N) is 1. The highest BCUT2D eigenvalue weighted by Gasteiger charge is 2.19. The van der Waals surface area contributed by atoms with Crippen LogP contribution in [-0.2, 0) is 4.79 Å². The summed E-state index contributed by atoms with van der Waals surface area (Å²) in [6, 6.07) is 9.61. The van der Waals surface area contributed by atoms with Crippen LogP contribution in [0.2, 0.25) is 0 Å². The van der Waals surface area contributed by atoms with Gasteiger partial charge in [-0.2, -0.15) is 5.26 Å². The van der Waals surface area contributed by atoms with E-state index in [-0.39, 0.29) is 22.8 Å². The highest BCUT2D eigenvalue weighted by molar-refractivity contribution is 7.19. The quantitative estimate of drug-likeness (QED) is 0.232. The average Bonchev–Trinajstić information content (AvgIpc) is 3.56. The number of hydrogen-bond acceptors (Lipinski definition) is 10. The summed E-state index contributed by atoms with van der Waals surface area (Å²) in [5, 5.41) is 21.4. The van der Waals surface area contributed by atoms with Gasteiger partial charge < -0.3 is 18.8 Å². The number of piperidine rings is 1. The molecular formula is C23H21N5O5S. The number of anilines is 2. The number of esters is 1. The van der Waals surface area contributed by atoms with Crippen LogP contribution in [0, 0.1) is 11.3 Å². The Morgan fingerprint density at radius 3 is 2.74 bits per heavy atom. The first-order chi connectivity index (χ1) is 16.6. The number of benzene rings is 1. The van der Waals surface area contributed by atoms with Crippen LogP contribution >= 0.6 is 11.3 Å². The van der Waals surface area contributed by atoms with Crippen LogP contribution in [0.15, 0.2) is 46.6 Å². The molecule has 10 nitrogen and oxygen atoms in total. The van der Waals surface area contributed by atoms with Crippen molar-refractivity contribution in [1.82, 2.24) is 10.2 Å². The van der Waals surface area contributed by atoms with Gasteiger partial charge in [0.15, 0.2) is 11.5 Å². The number of rotatable bonds is 7. The van der Waals surface area contributed by atoms with E-state index < -0.39 is 11.9 Å². The first-order valence-electron chi connectivity index (χ1n) is 10.5. The maximum Gasteiger partial charge on any atom is 0.379 e. The molecular weight excluding hydrogens is 458 g/mol. The monoisotopic (exact) mass is 479 g/mol. The van der Waals surface area contributed by atoms with Crippen LogP contribution < -0.4 is 19.7 Å². The van der Waals surface area contributed by atoms with Gasteiger partial charge in [0.05, 0.1) is 13.4 Å². The maximum atomic E-state index is 12.6. The zero-order chi connectivity index (χ0) is 23.9. The van der Waals surface area contributed by atoms with Gasteiger partial charge in [-0.05, 0) is 55.2 Å². The number of aromatic nitrogens is 2. The lowest BCUT2D eigenvalue weighted by Crippen LogP contribution is -2.29. The van der Waals surface area contributed by atoms with Crippen molar-refractivity contribution in [2.75, 3.05) is 30.4 Å². The number of ether oxygens (including phenoxy) is 2. The van der Waals surface area contributed by atoms with Crippen molar-refractivity contribution in [3.63, 3.8) is 0 Å². The number of methoxy groups -OCH3 is 1. The van der Waals surface area contributed by atoms with Crippen LogP contribution in [0.5, 0.6) is 11.5 Å².